The fourth-order valence-electron chi connectivity index (χ4n) is 2.05. The summed E-state index contributed by atoms with van der Waals surface area (Å²) in [5, 5.41) is 7.88. The van der Waals surface area contributed by atoms with E-state index in [1.54, 1.807) is 12.1 Å². The molecule has 1 heterocycles. The van der Waals surface area contributed by atoms with Crippen LogP contribution < -0.4 is 5.32 Å². The Morgan fingerprint density at radius 3 is 2.95 bits per heavy atom. The molecule has 1 aromatic heterocycles. The number of hydrogen-bond donors (Lipinski definition) is 1. The van der Waals surface area contributed by atoms with Crippen LogP contribution in [0.15, 0.2) is 36.5 Å². The molecule has 0 aliphatic heterocycles. The van der Waals surface area contributed by atoms with Crippen LogP contribution in [0.4, 0.5) is 4.39 Å². The van der Waals surface area contributed by atoms with Gasteiger partial charge in [-0.2, -0.15) is 5.10 Å². The highest BCUT2D eigenvalue weighted by Crippen LogP contribution is 2.09. The Labute approximate surface area is 119 Å². The highest BCUT2D eigenvalue weighted by Gasteiger charge is 2.04. The zero-order chi connectivity index (χ0) is 14.4. The number of halogens is 1. The first-order valence-electron chi connectivity index (χ1n) is 7.18. The van der Waals surface area contributed by atoms with Gasteiger partial charge in [0.15, 0.2) is 0 Å². The van der Waals surface area contributed by atoms with Crippen LogP contribution in [-0.2, 0) is 13.0 Å². The van der Waals surface area contributed by atoms with E-state index in [2.05, 4.69) is 24.3 Å². The molecule has 1 atom stereocenters. The lowest BCUT2D eigenvalue weighted by molar-refractivity contribution is 0.471. The molecule has 0 aliphatic carbocycles. The summed E-state index contributed by atoms with van der Waals surface area (Å²) in [4.78, 5) is 0. The molecule has 3 nitrogen and oxygen atoms in total. The first-order valence-corrected chi connectivity index (χ1v) is 7.18. The first-order chi connectivity index (χ1) is 9.69. The fraction of sp³-hybridized carbons (Fsp3) is 0.438. The predicted molar refractivity (Wildman–Crippen MR) is 79.0 cm³/mol. The van der Waals surface area contributed by atoms with Crippen molar-refractivity contribution in [2.75, 3.05) is 6.54 Å². The molecule has 2 rings (SSSR count). The van der Waals surface area contributed by atoms with Gasteiger partial charge in [0.1, 0.15) is 5.82 Å². The fourth-order valence-corrected chi connectivity index (χ4v) is 2.05. The van der Waals surface area contributed by atoms with Gasteiger partial charge in [-0.3, -0.25) is 4.68 Å². The number of aromatic nitrogens is 2. The summed E-state index contributed by atoms with van der Waals surface area (Å²) in [5.74, 6) is -0.171. The minimum atomic E-state index is -0.171. The van der Waals surface area contributed by atoms with Crippen molar-refractivity contribution in [1.82, 2.24) is 15.1 Å². The van der Waals surface area contributed by atoms with Crippen LogP contribution in [0.1, 0.15) is 37.6 Å². The van der Waals surface area contributed by atoms with Crippen molar-refractivity contribution in [2.45, 2.75) is 39.3 Å². The Balaban J connectivity index is 1.74. The van der Waals surface area contributed by atoms with Gasteiger partial charge in [-0.15, -0.1) is 0 Å². The zero-order valence-corrected chi connectivity index (χ0v) is 12.1. The highest BCUT2D eigenvalue weighted by atomic mass is 19.1. The summed E-state index contributed by atoms with van der Waals surface area (Å²) < 4.78 is 15.0. The Kier molecular flexibility index (Phi) is 5.30. The van der Waals surface area contributed by atoms with E-state index in [0.717, 1.165) is 37.2 Å². The highest BCUT2D eigenvalue weighted by molar-refractivity contribution is 5.16. The molecule has 1 N–H and O–H groups in total. The van der Waals surface area contributed by atoms with E-state index in [9.17, 15) is 4.39 Å². The predicted octanol–water partition coefficient (Wildman–Crippen LogP) is 3.33. The molecule has 0 fully saturated rings. The maximum Gasteiger partial charge on any atom is 0.123 e. The van der Waals surface area contributed by atoms with Crippen LogP contribution in [0.25, 0.3) is 0 Å². The summed E-state index contributed by atoms with van der Waals surface area (Å²) in [6.07, 6.45) is 3.93. The quantitative estimate of drug-likeness (QED) is 0.786. The summed E-state index contributed by atoms with van der Waals surface area (Å²) >= 11 is 0. The lowest BCUT2D eigenvalue weighted by atomic mass is 10.1. The molecule has 0 radical (unpaired) electrons. The van der Waals surface area contributed by atoms with Crippen molar-refractivity contribution in [3.8, 4) is 0 Å². The van der Waals surface area contributed by atoms with E-state index in [4.69, 9.17) is 0 Å². The second-order valence-electron chi connectivity index (χ2n) is 5.10. The largest absolute Gasteiger partial charge is 0.311 e. The summed E-state index contributed by atoms with van der Waals surface area (Å²) in [6, 6.07) is 9.23. The first kappa shape index (κ1) is 14.7. The lowest BCUT2D eigenvalue weighted by Gasteiger charge is -2.08. The number of benzene rings is 1. The smallest absolute Gasteiger partial charge is 0.123 e. The van der Waals surface area contributed by atoms with Gasteiger partial charge in [-0.1, -0.05) is 19.1 Å². The third kappa shape index (κ3) is 4.17. The van der Waals surface area contributed by atoms with Gasteiger partial charge in [0.05, 0.1) is 5.69 Å². The van der Waals surface area contributed by atoms with Crippen molar-refractivity contribution >= 4 is 0 Å². The van der Waals surface area contributed by atoms with E-state index in [-0.39, 0.29) is 5.82 Å². The maximum absolute atomic E-state index is 13.0. The molecule has 2 aromatic rings. The molecule has 4 heteroatoms. The lowest BCUT2D eigenvalue weighted by Crippen LogP contribution is -2.17. The number of hydrogen-bond acceptors (Lipinski definition) is 2. The molecular weight excluding hydrogens is 253 g/mol. The second kappa shape index (κ2) is 7.20. The van der Waals surface area contributed by atoms with Crippen molar-refractivity contribution in [3.63, 3.8) is 0 Å². The van der Waals surface area contributed by atoms with Crippen LogP contribution in [0.3, 0.4) is 0 Å². The third-order valence-corrected chi connectivity index (χ3v) is 3.49. The summed E-state index contributed by atoms with van der Waals surface area (Å²) in [5.41, 5.74) is 2.06. The molecule has 0 saturated heterocycles. The van der Waals surface area contributed by atoms with E-state index >= 15 is 0 Å². The SMILES string of the molecule is CCC(C)n1ccc(CNCCc2cccc(F)c2)n1. The average Bonchev–Trinajstić information content (AvgIpc) is 2.92. The van der Waals surface area contributed by atoms with Gasteiger partial charge in [-0.05, 0) is 50.1 Å². The van der Waals surface area contributed by atoms with Crippen LogP contribution in [0, 0.1) is 5.82 Å². The van der Waals surface area contributed by atoms with Crippen molar-refractivity contribution in [1.29, 1.82) is 0 Å². The number of rotatable bonds is 7. The Bertz CT molecular complexity index is 536. The number of nitrogens with one attached hydrogen (secondary N) is 1. The van der Waals surface area contributed by atoms with Crippen LogP contribution in [0.2, 0.25) is 0 Å². The molecule has 1 unspecified atom stereocenters. The third-order valence-electron chi connectivity index (χ3n) is 3.49. The van der Waals surface area contributed by atoms with E-state index < -0.39 is 0 Å². The van der Waals surface area contributed by atoms with Crippen LogP contribution >= 0.6 is 0 Å². The van der Waals surface area contributed by atoms with Crippen molar-refractivity contribution in [2.24, 2.45) is 0 Å². The maximum atomic E-state index is 13.0. The minimum absolute atomic E-state index is 0.171. The normalized spacial score (nSPS) is 12.6. The zero-order valence-electron chi connectivity index (χ0n) is 12.1. The molecular formula is C16H22FN3. The van der Waals surface area contributed by atoms with Gasteiger partial charge < -0.3 is 5.32 Å². The summed E-state index contributed by atoms with van der Waals surface area (Å²) in [6.45, 7) is 5.88. The molecule has 0 aliphatic rings. The minimum Gasteiger partial charge on any atom is -0.311 e. The Hall–Kier alpha value is -1.68. The molecule has 0 saturated carbocycles. The van der Waals surface area contributed by atoms with Crippen LogP contribution in [0.5, 0.6) is 0 Å². The second-order valence-corrected chi connectivity index (χ2v) is 5.10. The van der Waals surface area contributed by atoms with E-state index in [0.29, 0.717) is 6.04 Å². The molecule has 0 bridgehead atoms. The van der Waals surface area contributed by atoms with Gasteiger partial charge in [0.2, 0.25) is 0 Å². The van der Waals surface area contributed by atoms with Gasteiger partial charge in [0, 0.05) is 18.8 Å². The van der Waals surface area contributed by atoms with E-state index in [1.165, 1.54) is 6.07 Å². The molecule has 20 heavy (non-hydrogen) atoms. The van der Waals surface area contributed by atoms with Gasteiger partial charge >= 0.3 is 0 Å². The van der Waals surface area contributed by atoms with Gasteiger partial charge in [-0.25, -0.2) is 4.39 Å². The standard InChI is InChI=1S/C16H22FN3/c1-3-13(2)20-10-8-16(19-20)12-18-9-7-14-5-4-6-15(17)11-14/h4-6,8,10-11,13,18H,3,7,9,12H2,1-2H3. The molecule has 108 valence electrons. The Morgan fingerprint density at radius 2 is 2.20 bits per heavy atom. The summed E-state index contributed by atoms with van der Waals surface area (Å²) in [7, 11) is 0. The van der Waals surface area contributed by atoms with Crippen molar-refractivity contribution < 1.29 is 4.39 Å². The van der Waals surface area contributed by atoms with Crippen LogP contribution in [-0.4, -0.2) is 16.3 Å². The van der Waals surface area contributed by atoms with E-state index in [1.807, 2.05) is 23.0 Å². The monoisotopic (exact) mass is 275 g/mol. The topological polar surface area (TPSA) is 29.9 Å². The Morgan fingerprint density at radius 1 is 1.35 bits per heavy atom. The van der Waals surface area contributed by atoms with Gasteiger partial charge in [0.25, 0.3) is 0 Å². The molecule has 0 amide bonds. The van der Waals surface area contributed by atoms with Crippen molar-refractivity contribution in [3.05, 3.63) is 53.6 Å². The average molecular weight is 275 g/mol. The molecule has 0 spiro atoms. The number of nitrogens with zero attached hydrogens (tertiary/aromatic N) is 2. The molecule has 1 aromatic carbocycles.